The molecule has 2 rings (SSSR count). The first kappa shape index (κ1) is 19.1. The van der Waals surface area contributed by atoms with Crippen molar-refractivity contribution in [2.75, 3.05) is 20.2 Å². The van der Waals surface area contributed by atoms with E-state index in [4.69, 9.17) is 9.47 Å². The predicted molar refractivity (Wildman–Crippen MR) is 98.5 cm³/mol. The highest BCUT2D eigenvalue weighted by molar-refractivity contribution is 9.10. The van der Waals surface area contributed by atoms with Gasteiger partial charge in [0.25, 0.3) is 0 Å². The fourth-order valence-corrected chi connectivity index (χ4v) is 2.92. The van der Waals surface area contributed by atoms with Crippen LogP contribution in [0.25, 0.3) is 0 Å². The van der Waals surface area contributed by atoms with E-state index in [2.05, 4.69) is 27.3 Å². The van der Waals surface area contributed by atoms with Crippen LogP contribution in [0.2, 0.25) is 0 Å². The monoisotopic (exact) mass is 398 g/mol. The van der Waals surface area contributed by atoms with Gasteiger partial charge in [0.2, 0.25) is 0 Å². The van der Waals surface area contributed by atoms with Crippen molar-refractivity contribution in [2.45, 2.75) is 51.8 Å². The highest BCUT2D eigenvalue weighted by atomic mass is 79.9. The second kappa shape index (κ2) is 7.74. The fourth-order valence-electron chi connectivity index (χ4n) is 2.54. The molecular weight excluding hydrogens is 372 g/mol. The molecule has 0 bridgehead atoms. The van der Waals surface area contributed by atoms with Gasteiger partial charge in [0.05, 0.1) is 6.61 Å². The maximum absolute atomic E-state index is 12.1. The number of benzene rings is 1. The second-order valence-electron chi connectivity index (χ2n) is 7.22. The molecule has 2 atom stereocenters. The van der Waals surface area contributed by atoms with Crippen molar-refractivity contribution < 1.29 is 14.3 Å². The number of amides is 1. The van der Waals surface area contributed by atoms with Crippen LogP contribution in [-0.4, -0.2) is 42.8 Å². The lowest BCUT2D eigenvalue weighted by molar-refractivity contribution is 0.0233. The van der Waals surface area contributed by atoms with E-state index in [1.807, 2.05) is 39.8 Å². The van der Waals surface area contributed by atoms with Crippen LogP contribution in [0.1, 0.15) is 45.7 Å². The summed E-state index contributed by atoms with van der Waals surface area (Å²) >= 11 is 3.52. The van der Waals surface area contributed by atoms with Crippen molar-refractivity contribution in [1.29, 1.82) is 0 Å². The molecular formula is C18H27BrN2O3. The molecule has 6 heteroatoms. The van der Waals surface area contributed by atoms with E-state index in [0.29, 0.717) is 13.2 Å². The van der Waals surface area contributed by atoms with E-state index in [1.165, 1.54) is 0 Å². The zero-order valence-corrected chi connectivity index (χ0v) is 16.6. The molecule has 0 aliphatic carbocycles. The van der Waals surface area contributed by atoms with Gasteiger partial charge in [0, 0.05) is 42.1 Å². The summed E-state index contributed by atoms with van der Waals surface area (Å²) in [5.74, 6) is 0.926. The Morgan fingerprint density at radius 1 is 1.50 bits per heavy atom. The van der Waals surface area contributed by atoms with Gasteiger partial charge in [-0.3, -0.25) is 0 Å². The molecule has 1 amide bonds. The topological polar surface area (TPSA) is 50.8 Å². The third-order valence-electron chi connectivity index (χ3n) is 4.01. The van der Waals surface area contributed by atoms with Gasteiger partial charge < -0.3 is 19.7 Å². The first-order chi connectivity index (χ1) is 11.2. The fraction of sp³-hybridized carbons (Fsp3) is 0.611. The number of nitrogens with one attached hydrogen (secondary N) is 1. The summed E-state index contributed by atoms with van der Waals surface area (Å²) in [7, 11) is 1.77. The van der Waals surface area contributed by atoms with E-state index in [9.17, 15) is 4.79 Å². The first-order valence-corrected chi connectivity index (χ1v) is 9.08. The number of hydrogen-bond donors (Lipinski definition) is 1. The van der Waals surface area contributed by atoms with Crippen molar-refractivity contribution in [3.8, 4) is 5.75 Å². The normalized spacial score (nSPS) is 18.3. The number of carbonyl (C=O) groups excluding carboxylic acids is 1. The van der Waals surface area contributed by atoms with Crippen molar-refractivity contribution in [1.82, 2.24) is 10.2 Å². The van der Waals surface area contributed by atoms with Gasteiger partial charge >= 0.3 is 6.09 Å². The van der Waals surface area contributed by atoms with Crippen molar-refractivity contribution in [2.24, 2.45) is 0 Å². The number of ether oxygens (including phenoxy) is 2. The van der Waals surface area contributed by atoms with Crippen LogP contribution in [0.4, 0.5) is 4.79 Å². The number of hydrogen-bond acceptors (Lipinski definition) is 4. The summed E-state index contributed by atoms with van der Waals surface area (Å²) in [6.45, 7) is 9.02. The summed E-state index contributed by atoms with van der Waals surface area (Å²) in [4.78, 5) is 13.8. The van der Waals surface area contributed by atoms with Crippen molar-refractivity contribution in [3.63, 3.8) is 0 Å². The number of nitrogens with zero attached hydrogens (tertiary/aromatic N) is 1. The van der Waals surface area contributed by atoms with Gasteiger partial charge in [-0.25, -0.2) is 4.79 Å². The smallest absolute Gasteiger partial charge is 0.410 e. The molecule has 1 N–H and O–H groups in total. The molecule has 1 heterocycles. The molecule has 1 aliphatic heterocycles. The standard InChI is InChI=1S/C18H27BrN2O3/c1-12(21(5)17(22)24-18(2,3)4)11-20-15-8-9-23-16-7-6-13(19)10-14(15)16/h6-7,10,12,15,20H,8-9,11H2,1-5H3. The van der Waals surface area contributed by atoms with Crippen LogP contribution < -0.4 is 10.1 Å². The molecule has 1 aromatic rings. The molecule has 0 saturated carbocycles. The van der Waals surface area contributed by atoms with Gasteiger partial charge in [0.15, 0.2) is 0 Å². The zero-order chi connectivity index (χ0) is 17.9. The number of rotatable bonds is 4. The molecule has 5 nitrogen and oxygen atoms in total. The number of halogens is 1. The molecule has 0 fully saturated rings. The summed E-state index contributed by atoms with van der Waals surface area (Å²) in [6.07, 6.45) is 0.610. The maximum Gasteiger partial charge on any atom is 0.410 e. The van der Waals surface area contributed by atoms with E-state index >= 15 is 0 Å². The quantitative estimate of drug-likeness (QED) is 0.828. The summed E-state index contributed by atoms with van der Waals surface area (Å²) in [5.41, 5.74) is 0.674. The largest absolute Gasteiger partial charge is 0.493 e. The molecule has 0 aromatic heterocycles. The van der Waals surface area contributed by atoms with E-state index in [-0.39, 0.29) is 18.2 Å². The maximum atomic E-state index is 12.1. The number of carbonyl (C=O) groups is 1. The lowest BCUT2D eigenvalue weighted by Gasteiger charge is -2.31. The zero-order valence-electron chi connectivity index (χ0n) is 15.1. The van der Waals surface area contributed by atoms with Crippen LogP contribution in [-0.2, 0) is 4.74 Å². The Kier molecular flexibility index (Phi) is 6.15. The molecule has 0 spiro atoms. The van der Waals surface area contributed by atoms with Crippen molar-refractivity contribution >= 4 is 22.0 Å². The van der Waals surface area contributed by atoms with Gasteiger partial charge in [0.1, 0.15) is 11.4 Å². The Morgan fingerprint density at radius 2 is 2.21 bits per heavy atom. The first-order valence-electron chi connectivity index (χ1n) is 8.29. The SMILES string of the molecule is CC(CNC1CCOc2ccc(Br)cc21)N(C)C(=O)OC(C)(C)C. The minimum Gasteiger partial charge on any atom is -0.493 e. The lowest BCUT2D eigenvalue weighted by atomic mass is 10.0. The summed E-state index contributed by atoms with van der Waals surface area (Å²) in [5, 5.41) is 3.55. The van der Waals surface area contributed by atoms with Crippen LogP contribution in [0.3, 0.4) is 0 Å². The van der Waals surface area contributed by atoms with E-state index < -0.39 is 5.60 Å². The van der Waals surface area contributed by atoms with Crippen LogP contribution in [0, 0.1) is 0 Å². The van der Waals surface area contributed by atoms with Crippen molar-refractivity contribution in [3.05, 3.63) is 28.2 Å². The number of likely N-dealkylation sites (N-methyl/N-ethyl adjacent to an activating group) is 1. The van der Waals surface area contributed by atoms with Gasteiger partial charge in [-0.2, -0.15) is 0 Å². The van der Waals surface area contributed by atoms with Crippen LogP contribution >= 0.6 is 15.9 Å². The molecule has 1 aromatic carbocycles. The van der Waals surface area contributed by atoms with Gasteiger partial charge in [-0.1, -0.05) is 15.9 Å². The molecule has 1 aliphatic rings. The van der Waals surface area contributed by atoms with Gasteiger partial charge in [-0.15, -0.1) is 0 Å². The summed E-state index contributed by atoms with van der Waals surface area (Å²) < 4.78 is 12.2. The Morgan fingerprint density at radius 3 is 2.88 bits per heavy atom. The highest BCUT2D eigenvalue weighted by Crippen LogP contribution is 2.34. The Hall–Kier alpha value is -1.27. The molecule has 2 unspecified atom stereocenters. The molecule has 134 valence electrons. The molecule has 0 saturated heterocycles. The minimum atomic E-state index is -0.482. The van der Waals surface area contributed by atoms with Gasteiger partial charge in [-0.05, 0) is 45.9 Å². The third-order valence-corrected chi connectivity index (χ3v) is 4.51. The Balaban J connectivity index is 1.94. The lowest BCUT2D eigenvalue weighted by Crippen LogP contribution is -2.45. The Bertz CT molecular complexity index is 586. The average Bonchev–Trinajstić information content (AvgIpc) is 2.50. The molecule has 24 heavy (non-hydrogen) atoms. The predicted octanol–water partition coefficient (Wildman–Crippen LogP) is 4.12. The van der Waals surface area contributed by atoms with Crippen LogP contribution in [0.15, 0.2) is 22.7 Å². The summed E-state index contributed by atoms with van der Waals surface area (Å²) in [6, 6.07) is 6.32. The highest BCUT2D eigenvalue weighted by Gasteiger charge is 2.25. The minimum absolute atomic E-state index is 0.0262. The van der Waals surface area contributed by atoms with E-state index in [1.54, 1.807) is 11.9 Å². The third kappa shape index (κ3) is 5.11. The second-order valence-corrected chi connectivity index (χ2v) is 8.14. The molecule has 0 radical (unpaired) electrons. The average molecular weight is 399 g/mol. The number of fused-ring (bicyclic) bond motifs is 1. The Labute approximate surface area is 152 Å². The van der Waals surface area contributed by atoms with Crippen LogP contribution in [0.5, 0.6) is 5.75 Å². The van der Waals surface area contributed by atoms with E-state index in [0.717, 1.165) is 22.2 Å².